The molecule has 0 aromatic rings. The number of hydrogen-bond donors (Lipinski definition) is 1. The number of methoxy groups -OCH3 is 1. The van der Waals surface area contributed by atoms with Gasteiger partial charge >= 0.3 is 6.03 Å². The first-order valence-corrected chi connectivity index (χ1v) is 5.84. The van der Waals surface area contributed by atoms with Crippen LogP contribution in [0.15, 0.2) is 0 Å². The van der Waals surface area contributed by atoms with E-state index < -0.39 is 0 Å². The molecule has 1 heterocycles. The SMILES string of the molecule is COCC1CCN(C(=O)NC(=O)CCCl)C1. The zero-order valence-electron chi connectivity index (χ0n) is 9.37. The highest BCUT2D eigenvalue weighted by Gasteiger charge is 2.26. The van der Waals surface area contributed by atoms with Crippen LogP contribution in [-0.4, -0.2) is 49.5 Å². The van der Waals surface area contributed by atoms with Crippen molar-refractivity contribution in [3.8, 4) is 0 Å². The fraction of sp³-hybridized carbons (Fsp3) is 0.800. The minimum atomic E-state index is -0.325. The first-order chi connectivity index (χ1) is 7.67. The number of urea groups is 1. The molecule has 1 unspecified atom stereocenters. The molecule has 0 aromatic heterocycles. The third-order valence-corrected chi connectivity index (χ3v) is 2.73. The summed E-state index contributed by atoms with van der Waals surface area (Å²) in [6.45, 7) is 1.97. The van der Waals surface area contributed by atoms with Crippen LogP contribution in [0.25, 0.3) is 0 Å². The van der Waals surface area contributed by atoms with Gasteiger partial charge in [0.25, 0.3) is 0 Å². The molecular weight excluding hydrogens is 232 g/mol. The molecule has 3 amide bonds. The number of ether oxygens (including phenoxy) is 1. The van der Waals surface area contributed by atoms with Crippen molar-refractivity contribution >= 4 is 23.5 Å². The molecule has 1 saturated heterocycles. The molecule has 1 fully saturated rings. The van der Waals surface area contributed by atoms with Crippen LogP contribution in [0.3, 0.4) is 0 Å². The Labute approximate surface area is 100 Å². The van der Waals surface area contributed by atoms with Gasteiger partial charge in [-0.3, -0.25) is 10.1 Å². The summed E-state index contributed by atoms with van der Waals surface area (Å²) in [4.78, 5) is 24.4. The number of nitrogens with one attached hydrogen (secondary N) is 1. The fourth-order valence-electron chi connectivity index (χ4n) is 1.74. The number of amides is 3. The predicted molar refractivity (Wildman–Crippen MR) is 60.4 cm³/mol. The molecule has 1 atom stereocenters. The number of nitrogens with zero attached hydrogens (tertiary/aromatic N) is 1. The minimum absolute atomic E-state index is 0.169. The van der Waals surface area contributed by atoms with Crippen LogP contribution in [0, 0.1) is 5.92 Å². The van der Waals surface area contributed by atoms with Gasteiger partial charge in [0.15, 0.2) is 0 Å². The van der Waals surface area contributed by atoms with Gasteiger partial charge in [-0.2, -0.15) is 0 Å². The summed E-state index contributed by atoms with van der Waals surface area (Å²) < 4.78 is 5.03. The lowest BCUT2D eigenvalue weighted by molar-refractivity contribution is -0.119. The number of halogens is 1. The summed E-state index contributed by atoms with van der Waals surface area (Å²) in [5.41, 5.74) is 0. The van der Waals surface area contributed by atoms with Crippen LogP contribution >= 0.6 is 11.6 Å². The maximum Gasteiger partial charge on any atom is 0.324 e. The van der Waals surface area contributed by atoms with E-state index >= 15 is 0 Å². The van der Waals surface area contributed by atoms with E-state index in [0.717, 1.165) is 6.42 Å². The van der Waals surface area contributed by atoms with E-state index in [1.807, 2.05) is 0 Å². The lowest BCUT2D eigenvalue weighted by Crippen LogP contribution is -2.41. The summed E-state index contributed by atoms with van der Waals surface area (Å²) in [5, 5.41) is 2.31. The summed E-state index contributed by atoms with van der Waals surface area (Å²) >= 11 is 5.40. The van der Waals surface area contributed by atoms with E-state index in [1.165, 1.54) is 0 Å². The zero-order chi connectivity index (χ0) is 12.0. The highest BCUT2D eigenvalue weighted by Crippen LogP contribution is 2.16. The Kier molecular flexibility index (Phi) is 5.55. The van der Waals surface area contributed by atoms with Crippen LogP contribution < -0.4 is 5.32 Å². The van der Waals surface area contributed by atoms with E-state index in [2.05, 4.69) is 5.32 Å². The Morgan fingerprint density at radius 2 is 2.31 bits per heavy atom. The summed E-state index contributed by atoms with van der Waals surface area (Å²) in [6.07, 6.45) is 1.09. The summed E-state index contributed by atoms with van der Waals surface area (Å²) in [7, 11) is 1.65. The second-order valence-electron chi connectivity index (χ2n) is 3.85. The molecule has 6 heteroatoms. The minimum Gasteiger partial charge on any atom is -0.384 e. The molecule has 1 rings (SSSR count). The van der Waals surface area contributed by atoms with Gasteiger partial charge < -0.3 is 9.64 Å². The lowest BCUT2D eigenvalue weighted by Gasteiger charge is -2.16. The fourth-order valence-corrected chi connectivity index (χ4v) is 1.91. The molecule has 0 bridgehead atoms. The summed E-state index contributed by atoms with van der Waals surface area (Å²) in [5.74, 6) is 0.278. The number of likely N-dealkylation sites (tertiary alicyclic amines) is 1. The normalized spacial score (nSPS) is 19.9. The second-order valence-corrected chi connectivity index (χ2v) is 4.23. The summed E-state index contributed by atoms with van der Waals surface area (Å²) in [6, 6.07) is -0.325. The van der Waals surface area contributed by atoms with Gasteiger partial charge in [0.1, 0.15) is 0 Å². The lowest BCUT2D eigenvalue weighted by atomic mass is 10.1. The standard InChI is InChI=1S/C10H17ClN2O3/c1-16-7-8-3-5-13(6-8)10(15)12-9(14)2-4-11/h8H,2-7H2,1H3,(H,12,14,15). The van der Waals surface area contributed by atoms with E-state index in [1.54, 1.807) is 12.0 Å². The van der Waals surface area contributed by atoms with E-state index in [4.69, 9.17) is 16.3 Å². The first kappa shape index (κ1) is 13.3. The predicted octanol–water partition coefficient (Wildman–Crippen LogP) is 0.820. The largest absolute Gasteiger partial charge is 0.384 e. The Morgan fingerprint density at radius 3 is 2.94 bits per heavy atom. The molecule has 5 nitrogen and oxygen atoms in total. The molecule has 16 heavy (non-hydrogen) atoms. The van der Waals surface area contributed by atoms with Crippen molar-refractivity contribution in [2.45, 2.75) is 12.8 Å². The topological polar surface area (TPSA) is 58.6 Å². The number of carbonyl (C=O) groups is 2. The Balaban J connectivity index is 2.30. The molecule has 1 aliphatic rings. The third-order valence-electron chi connectivity index (χ3n) is 2.54. The van der Waals surface area contributed by atoms with Gasteiger partial charge in [-0.05, 0) is 6.42 Å². The average molecular weight is 249 g/mol. The highest BCUT2D eigenvalue weighted by atomic mass is 35.5. The van der Waals surface area contributed by atoms with Gasteiger partial charge in [-0.25, -0.2) is 4.79 Å². The average Bonchev–Trinajstić information content (AvgIpc) is 2.67. The molecule has 0 aliphatic carbocycles. The molecule has 1 aliphatic heterocycles. The van der Waals surface area contributed by atoms with Crippen LogP contribution in [-0.2, 0) is 9.53 Å². The van der Waals surface area contributed by atoms with Crippen molar-refractivity contribution < 1.29 is 14.3 Å². The van der Waals surface area contributed by atoms with Gasteiger partial charge in [-0.15, -0.1) is 11.6 Å². The molecule has 92 valence electrons. The van der Waals surface area contributed by atoms with Crippen molar-refractivity contribution in [1.29, 1.82) is 0 Å². The zero-order valence-corrected chi connectivity index (χ0v) is 10.1. The number of carbonyl (C=O) groups excluding carboxylic acids is 2. The van der Waals surface area contributed by atoms with Gasteiger partial charge in [-0.1, -0.05) is 0 Å². The first-order valence-electron chi connectivity index (χ1n) is 5.31. The molecule has 0 radical (unpaired) electrons. The maximum absolute atomic E-state index is 11.6. The number of imide groups is 1. The van der Waals surface area contributed by atoms with Crippen molar-refractivity contribution in [2.24, 2.45) is 5.92 Å². The van der Waals surface area contributed by atoms with Gasteiger partial charge in [0, 0.05) is 38.4 Å². The third kappa shape index (κ3) is 3.98. The quantitative estimate of drug-likeness (QED) is 0.750. The van der Waals surface area contributed by atoms with E-state index in [0.29, 0.717) is 25.6 Å². The van der Waals surface area contributed by atoms with Crippen molar-refractivity contribution in [1.82, 2.24) is 10.2 Å². The van der Waals surface area contributed by atoms with Crippen LogP contribution in [0.4, 0.5) is 4.79 Å². The van der Waals surface area contributed by atoms with E-state index in [-0.39, 0.29) is 24.2 Å². The Morgan fingerprint density at radius 1 is 1.56 bits per heavy atom. The molecule has 0 aromatic carbocycles. The maximum atomic E-state index is 11.6. The molecule has 0 saturated carbocycles. The highest BCUT2D eigenvalue weighted by molar-refractivity contribution is 6.19. The monoisotopic (exact) mass is 248 g/mol. The number of hydrogen-bond acceptors (Lipinski definition) is 3. The van der Waals surface area contributed by atoms with Crippen molar-refractivity contribution in [2.75, 3.05) is 32.7 Å². The smallest absolute Gasteiger partial charge is 0.324 e. The second kappa shape index (κ2) is 6.70. The molecule has 1 N–H and O–H groups in total. The van der Waals surface area contributed by atoms with Crippen LogP contribution in [0.2, 0.25) is 0 Å². The van der Waals surface area contributed by atoms with Gasteiger partial charge in [0.05, 0.1) is 6.61 Å². The number of alkyl halides is 1. The van der Waals surface area contributed by atoms with E-state index in [9.17, 15) is 9.59 Å². The van der Waals surface area contributed by atoms with Crippen LogP contribution in [0.5, 0.6) is 0 Å². The van der Waals surface area contributed by atoms with Crippen LogP contribution in [0.1, 0.15) is 12.8 Å². The number of rotatable bonds is 4. The Bertz CT molecular complexity index is 260. The molecular formula is C10H17ClN2O3. The van der Waals surface area contributed by atoms with Crippen molar-refractivity contribution in [3.05, 3.63) is 0 Å². The van der Waals surface area contributed by atoms with Crippen molar-refractivity contribution in [3.63, 3.8) is 0 Å². The molecule has 0 spiro atoms. The Hall–Kier alpha value is -0.810. The van der Waals surface area contributed by atoms with Gasteiger partial charge in [0.2, 0.25) is 5.91 Å².